The van der Waals surface area contributed by atoms with E-state index in [9.17, 15) is 12.8 Å². The van der Waals surface area contributed by atoms with Gasteiger partial charge in [0.15, 0.2) is 0 Å². The van der Waals surface area contributed by atoms with Gasteiger partial charge >= 0.3 is 0 Å². The molecule has 1 atom stereocenters. The minimum Gasteiger partial charge on any atom is -0.259 e. The van der Waals surface area contributed by atoms with Crippen molar-refractivity contribution in [3.63, 3.8) is 0 Å². The van der Waals surface area contributed by atoms with Crippen molar-refractivity contribution in [2.24, 2.45) is 0 Å². The summed E-state index contributed by atoms with van der Waals surface area (Å²) in [7, 11) is -3.96. The van der Waals surface area contributed by atoms with Crippen molar-refractivity contribution in [2.45, 2.75) is 17.9 Å². The lowest BCUT2D eigenvalue weighted by atomic mass is 10.1. The molecule has 0 heterocycles. The van der Waals surface area contributed by atoms with Gasteiger partial charge in [-0.05, 0) is 42.8 Å². The monoisotopic (exact) mass is 389 g/mol. The molecule has 3 aromatic rings. The molecular weight excluding hydrogens is 373 g/mol. The van der Waals surface area contributed by atoms with Gasteiger partial charge in [0.1, 0.15) is 5.82 Å². The molecule has 26 heavy (non-hydrogen) atoms. The standard InChI is InChI=1S/C20H17ClFNO2S/c1-15(16-8-4-2-5-9-16)23(17-10-6-3-7-11-17)26(24,25)18-12-13-20(22)19(21)14-18/h2-15H,1H3. The number of para-hydroxylation sites is 1. The molecule has 1 unspecified atom stereocenters. The van der Waals surface area contributed by atoms with Gasteiger partial charge in [-0.3, -0.25) is 4.31 Å². The second kappa shape index (κ2) is 7.48. The molecular formula is C20H17ClFNO2S. The van der Waals surface area contributed by atoms with E-state index in [-0.39, 0.29) is 9.92 Å². The van der Waals surface area contributed by atoms with Crippen LogP contribution in [-0.2, 0) is 10.0 Å². The summed E-state index contributed by atoms with van der Waals surface area (Å²) in [5.41, 5.74) is 1.36. The summed E-state index contributed by atoms with van der Waals surface area (Å²) in [5.74, 6) is -0.659. The summed E-state index contributed by atoms with van der Waals surface area (Å²) < 4.78 is 41.5. The minimum absolute atomic E-state index is 0.0597. The Kier molecular flexibility index (Phi) is 5.30. The lowest BCUT2D eigenvalue weighted by molar-refractivity contribution is 0.582. The number of benzene rings is 3. The molecule has 0 fully saturated rings. The highest BCUT2D eigenvalue weighted by molar-refractivity contribution is 7.92. The van der Waals surface area contributed by atoms with Crippen LogP contribution in [0.1, 0.15) is 18.5 Å². The zero-order valence-corrected chi connectivity index (χ0v) is 15.6. The number of sulfonamides is 1. The van der Waals surface area contributed by atoms with Gasteiger partial charge in [0.25, 0.3) is 10.0 Å². The number of rotatable bonds is 5. The van der Waals surface area contributed by atoms with Crippen molar-refractivity contribution < 1.29 is 12.8 Å². The van der Waals surface area contributed by atoms with Crippen LogP contribution in [0.5, 0.6) is 0 Å². The van der Waals surface area contributed by atoms with Crippen LogP contribution in [0.15, 0.2) is 83.8 Å². The first-order chi connectivity index (χ1) is 12.4. The average Bonchev–Trinajstić information content (AvgIpc) is 2.65. The molecule has 0 bridgehead atoms. The number of nitrogens with zero attached hydrogens (tertiary/aromatic N) is 1. The summed E-state index contributed by atoms with van der Waals surface area (Å²) in [6.45, 7) is 1.81. The van der Waals surface area contributed by atoms with E-state index in [0.717, 1.165) is 17.7 Å². The van der Waals surface area contributed by atoms with Crippen molar-refractivity contribution in [3.05, 3.63) is 95.3 Å². The fourth-order valence-corrected chi connectivity index (χ4v) is 4.68. The van der Waals surface area contributed by atoms with Gasteiger partial charge in [0.2, 0.25) is 0 Å². The van der Waals surface area contributed by atoms with Crippen LogP contribution in [0.4, 0.5) is 10.1 Å². The molecule has 0 aromatic heterocycles. The third-order valence-corrected chi connectivity index (χ3v) is 6.28. The maximum atomic E-state index is 13.5. The van der Waals surface area contributed by atoms with Gasteiger partial charge in [0.05, 0.1) is 21.6 Å². The molecule has 0 aliphatic carbocycles. The largest absolute Gasteiger partial charge is 0.264 e. The Labute approximate surface area is 157 Å². The lowest BCUT2D eigenvalue weighted by Gasteiger charge is -2.31. The van der Waals surface area contributed by atoms with Gasteiger partial charge in [0, 0.05) is 0 Å². The van der Waals surface area contributed by atoms with Gasteiger partial charge in [-0.2, -0.15) is 0 Å². The van der Waals surface area contributed by atoms with Gasteiger partial charge in [-0.1, -0.05) is 60.1 Å². The van der Waals surface area contributed by atoms with Crippen LogP contribution in [0.3, 0.4) is 0 Å². The summed E-state index contributed by atoms with van der Waals surface area (Å²) in [6, 6.07) is 21.1. The molecule has 0 saturated heterocycles. The maximum Gasteiger partial charge on any atom is 0.264 e. The van der Waals surface area contributed by atoms with Crippen molar-refractivity contribution in [2.75, 3.05) is 4.31 Å². The van der Waals surface area contributed by atoms with Crippen LogP contribution >= 0.6 is 11.6 Å². The van der Waals surface area contributed by atoms with Crippen molar-refractivity contribution in [1.82, 2.24) is 0 Å². The first-order valence-corrected chi connectivity index (χ1v) is 9.82. The molecule has 0 radical (unpaired) electrons. The van der Waals surface area contributed by atoms with Crippen LogP contribution in [0.2, 0.25) is 5.02 Å². The van der Waals surface area contributed by atoms with E-state index < -0.39 is 21.9 Å². The maximum absolute atomic E-state index is 13.5. The Hall–Kier alpha value is -2.37. The summed E-state index contributed by atoms with van der Waals surface area (Å²) in [5, 5.41) is -0.230. The average molecular weight is 390 g/mol. The summed E-state index contributed by atoms with van der Waals surface area (Å²) >= 11 is 5.81. The summed E-state index contributed by atoms with van der Waals surface area (Å²) in [6.07, 6.45) is 0. The van der Waals surface area contributed by atoms with Crippen LogP contribution in [0.25, 0.3) is 0 Å². The van der Waals surface area contributed by atoms with E-state index in [0.29, 0.717) is 5.69 Å². The number of halogens is 2. The predicted molar refractivity (Wildman–Crippen MR) is 102 cm³/mol. The minimum atomic E-state index is -3.96. The fraction of sp³-hybridized carbons (Fsp3) is 0.100. The van der Waals surface area contributed by atoms with Gasteiger partial charge in [-0.15, -0.1) is 0 Å². The molecule has 134 valence electrons. The Morgan fingerprint density at radius 3 is 2.08 bits per heavy atom. The molecule has 0 aliphatic rings. The SMILES string of the molecule is CC(c1ccccc1)N(c1ccccc1)S(=O)(=O)c1ccc(F)c(Cl)c1. The molecule has 0 spiro atoms. The highest BCUT2D eigenvalue weighted by atomic mass is 35.5. The molecule has 0 N–H and O–H groups in total. The number of anilines is 1. The first kappa shape index (κ1) is 18.4. The third-order valence-electron chi connectivity index (χ3n) is 4.09. The zero-order chi connectivity index (χ0) is 18.7. The van der Waals surface area contributed by atoms with Crippen molar-refractivity contribution in [3.8, 4) is 0 Å². The quantitative estimate of drug-likeness (QED) is 0.583. The van der Waals surface area contributed by atoms with E-state index in [1.807, 2.05) is 43.3 Å². The number of hydrogen-bond donors (Lipinski definition) is 0. The molecule has 3 nitrogen and oxygen atoms in total. The Morgan fingerprint density at radius 1 is 0.923 bits per heavy atom. The fourth-order valence-electron chi connectivity index (χ4n) is 2.76. The van der Waals surface area contributed by atoms with Crippen LogP contribution < -0.4 is 4.31 Å². The topological polar surface area (TPSA) is 37.4 Å². The summed E-state index contributed by atoms with van der Waals surface area (Å²) in [4.78, 5) is -0.0597. The molecule has 3 rings (SSSR count). The molecule has 3 aromatic carbocycles. The van der Waals surface area contributed by atoms with E-state index in [2.05, 4.69) is 0 Å². The predicted octanol–water partition coefficient (Wildman–Crippen LogP) is 5.44. The number of hydrogen-bond acceptors (Lipinski definition) is 2. The lowest BCUT2D eigenvalue weighted by Crippen LogP contribution is -2.33. The molecule has 6 heteroatoms. The normalized spacial score (nSPS) is 12.6. The first-order valence-electron chi connectivity index (χ1n) is 8.01. The van der Waals surface area contributed by atoms with Gasteiger partial charge in [-0.25, -0.2) is 12.8 Å². The second-order valence-electron chi connectivity index (χ2n) is 5.80. The third kappa shape index (κ3) is 3.59. The van der Waals surface area contributed by atoms with Crippen LogP contribution in [-0.4, -0.2) is 8.42 Å². The smallest absolute Gasteiger partial charge is 0.259 e. The van der Waals surface area contributed by atoms with E-state index in [4.69, 9.17) is 11.6 Å². The van der Waals surface area contributed by atoms with E-state index in [1.54, 1.807) is 24.3 Å². The second-order valence-corrected chi connectivity index (χ2v) is 8.02. The van der Waals surface area contributed by atoms with Crippen molar-refractivity contribution in [1.29, 1.82) is 0 Å². The van der Waals surface area contributed by atoms with E-state index in [1.165, 1.54) is 10.4 Å². The highest BCUT2D eigenvalue weighted by Crippen LogP contribution is 2.34. The van der Waals surface area contributed by atoms with Crippen LogP contribution in [0, 0.1) is 5.82 Å². The molecule has 0 aliphatic heterocycles. The van der Waals surface area contributed by atoms with E-state index >= 15 is 0 Å². The molecule has 0 amide bonds. The molecule has 0 saturated carbocycles. The Morgan fingerprint density at radius 2 is 1.50 bits per heavy atom. The van der Waals surface area contributed by atoms with Crippen molar-refractivity contribution >= 4 is 27.3 Å². The zero-order valence-electron chi connectivity index (χ0n) is 14.0. The Bertz CT molecular complexity index is 995. The highest BCUT2D eigenvalue weighted by Gasteiger charge is 2.30. The Balaban J connectivity index is 2.15. The van der Waals surface area contributed by atoms with Gasteiger partial charge < -0.3 is 0 Å².